The van der Waals surface area contributed by atoms with E-state index in [9.17, 15) is 0 Å². The van der Waals surface area contributed by atoms with Gasteiger partial charge < -0.3 is 4.74 Å². The molecule has 3 heteroatoms. The molecule has 0 aromatic heterocycles. The van der Waals surface area contributed by atoms with Crippen molar-refractivity contribution in [1.29, 1.82) is 0 Å². The van der Waals surface area contributed by atoms with E-state index in [2.05, 4.69) is 98.1 Å². The average Bonchev–Trinajstić information content (AvgIpc) is 3.33. The van der Waals surface area contributed by atoms with E-state index in [0.29, 0.717) is 0 Å². The van der Waals surface area contributed by atoms with Gasteiger partial charge in [-0.05, 0) is 40.4 Å². The van der Waals surface area contributed by atoms with E-state index in [1.54, 1.807) is 0 Å². The van der Waals surface area contributed by atoms with E-state index < -0.39 is 8.80 Å². The van der Waals surface area contributed by atoms with Crippen molar-refractivity contribution in [2.24, 2.45) is 0 Å². The summed E-state index contributed by atoms with van der Waals surface area (Å²) < 4.78 is 6.72. The fraction of sp³-hybridized carbons (Fsp3) is 0.103. The Morgan fingerprint density at radius 2 is 1.41 bits per heavy atom. The van der Waals surface area contributed by atoms with Gasteiger partial charge in [-0.2, -0.15) is 0 Å². The fourth-order valence-corrected chi connectivity index (χ4v) is 5.04. The minimum atomic E-state index is -1.25. The maximum atomic E-state index is 6.72. The predicted octanol–water partition coefficient (Wildman–Crippen LogP) is 7.47. The molecule has 0 heterocycles. The van der Waals surface area contributed by atoms with Crippen LogP contribution in [0.4, 0.5) is 0 Å². The van der Waals surface area contributed by atoms with Gasteiger partial charge in [0, 0.05) is 27.3 Å². The number of ether oxygens (including phenoxy) is 1. The first-order valence-electron chi connectivity index (χ1n) is 10.9. The summed E-state index contributed by atoms with van der Waals surface area (Å²) in [7, 11) is -1.25. The SMILES string of the molecule is C[SiH](C)C(=Cc1ccccc1)C(Oc1ccccc1)=C(C1=CC=CC1)c1ccccc1.[Ti]. The van der Waals surface area contributed by atoms with Crippen molar-refractivity contribution in [2.75, 3.05) is 0 Å². The summed E-state index contributed by atoms with van der Waals surface area (Å²) in [5.41, 5.74) is 4.89. The van der Waals surface area contributed by atoms with Crippen molar-refractivity contribution in [2.45, 2.75) is 19.5 Å². The Morgan fingerprint density at radius 3 is 1.97 bits per heavy atom. The molecule has 0 atom stereocenters. The third kappa shape index (κ3) is 5.98. The van der Waals surface area contributed by atoms with Gasteiger partial charge in [0.1, 0.15) is 11.5 Å². The second kappa shape index (κ2) is 11.8. The van der Waals surface area contributed by atoms with Crippen LogP contribution in [0.3, 0.4) is 0 Å². The molecule has 0 saturated carbocycles. The van der Waals surface area contributed by atoms with Crippen LogP contribution in [0.2, 0.25) is 13.1 Å². The second-order valence-corrected chi connectivity index (χ2v) is 10.9. The predicted molar refractivity (Wildman–Crippen MR) is 136 cm³/mol. The van der Waals surface area contributed by atoms with Gasteiger partial charge in [0.05, 0.1) is 8.80 Å². The quantitative estimate of drug-likeness (QED) is 0.199. The first-order chi connectivity index (χ1) is 15.2. The van der Waals surface area contributed by atoms with Crippen LogP contribution in [0.15, 0.2) is 126 Å². The standard InChI is InChI=1S/C29H28OSi.Ti/c1-31(2)27(22-23-14-6-3-7-15-23)29(30-26-20-10-5-11-21-26)28(25-18-12-13-19-25)24-16-8-4-9-17-24;/h3-18,20-22,31H,19H2,1-2H3;. The van der Waals surface area contributed by atoms with Gasteiger partial charge >= 0.3 is 0 Å². The Balaban J connectivity index is 0.00000289. The second-order valence-electron chi connectivity index (χ2n) is 7.97. The first kappa shape index (κ1) is 24.0. The van der Waals surface area contributed by atoms with Crippen LogP contribution in [0, 0.1) is 0 Å². The zero-order valence-electron chi connectivity index (χ0n) is 18.7. The van der Waals surface area contributed by atoms with E-state index in [1.807, 2.05) is 30.3 Å². The number of rotatable bonds is 7. The molecule has 1 aliphatic rings. The Kier molecular flexibility index (Phi) is 8.87. The van der Waals surface area contributed by atoms with Crippen LogP contribution in [0.1, 0.15) is 17.5 Å². The van der Waals surface area contributed by atoms with Gasteiger partial charge in [-0.3, -0.25) is 0 Å². The summed E-state index contributed by atoms with van der Waals surface area (Å²) in [6.45, 7) is 4.74. The molecular weight excluding hydrogens is 440 g/mol. The van der Waals surface area contributed by atoms with E-state index in [1.165, 1.54) is 27.5 Å². The molecule has 0 fully saturated rings. The van der Waals surface area contributed by atoms with Crippen LogP contribution in [-0.4, -0.2) is 8.80 Å². The Morgan fingerprint density at radius 1 is 0.812 bits per heavy atom. The molecule has 0 N–H and O–H groups in total. The molecular formula is C29H28OSiTi. The van der Waals surface area contributed by atoms with Gasteiger partial charge in [-0.25, -0.2) is 0 Å². The molecule has 0 radical (unpaired) electrons. The molecule has 0 aliphatic heterocycles. The van der Waals surface area contributed by atoms with E-state index in [0.717, 1.165) is 17.9 Å². The van der Waals surface area contributed by atoms with Gasteiger partial charge in [-0.15, -0.1) is 0 Å². The summed E-state index contributed by atoms with van der Waals surface area (Å²) in [5, 5.41) is 1.32. The van der Waals surface area contributed by atoms with Crippen LogP contribution >= 0.6 is 0 Å². The fourth-order valence-electron chi connectivity index (χ4n) is 3.78. The molecule has 0 bridgehead atoms. The zero-order chi connectivity index (χ0) is 21.5. The van der Waals surface area contributed by atoms with Crippen molar-refractivity contribution < 1.29 is 26.5 Å². The van der Waals surface area contributed by atoms with Crippen LogP contribution in [-0.2, 0) is 21.7 Å². The molecule has 4 rings (SSSR count). The number of hydrogen-bond donors (Lipinski definition) is 0. The maximum Gasteiger partial charge on any atom is 0.134 e. The number of hydrogen-bond acceptors (Lipinski definition) is 1. The third-order valence-corrected chi connectivity index (χ3v) is 7.02. The molecule has 3 aromatic carbocycles. The van der Waals surface area contributed by atoms with Gasteiger partial charge in [-0.1, -0.05) is 116 Å². The summed E-state index contributed by atoms with van der Waals surface area (Å²) in [4.78, 5) is 0. The Labute approximate surface area is 208 Å². The Hall–Kier alpha value is -2.65. The largest absolute Gasteiger partial charge is 0.457 e. The third-order valence-electron chi connectivity index (χ3n) is 5.35. The molecule has 3 aromatic rings. The molecule has 32 heavy (non-hydrogen) atoms. The molecule has 0 unspecified atom stereocenters. The van der Waals surface area contributed by atoms with Crippen LogP contribution < -0.4 is 4.74 Å². The van der Waals surface area contributed by atoms with E-state index in [4.69, 9.17) is 4.74 Å². The molecule has 0 saturated heterocycles. The summed E-state index contributed by atoms with van der Waals surface area (Å²) in [6, 6.07) is 31.4. The van der Waals surface area contributed by atoms with Gasteiger partial charge in [0.15, 0.2) is 0 Å². The summed E-state index contributed by atoms with van der Waals surface area (Å²) in [5.74, 6) is 1.85. The molecule has 158 valence electrons. The zero-order valence-corrected chi connectivity index (χ0v) is 21.4. The van der Waals surface area contributed by atoms with Crippen molar-refractivity contribution in [3.8, 4) is 5.75 Å². The summed E-state index contributed by atoms with van der Waals surface area (Å²) >= 11 is 0. The first-order valence-corrected chi connectivity index (χ1v) is 13.8. The van der Waals surface area contributed by atoms with Crippen molar-refractivity contribution in [3.05, 3.63) is 137 Å². The molecule has 1 nitrogen and oxygen atoms in total. The van der Waals surface area contributed by atoms with E-state index >= 15 is 0 Å². The molecule has 0 amide bonds. The normalized spacial score (nSPS) is 14.0. The van der Waals surface area contributed by atoms with E-state index in [-0.39, 0.29) is 21.7 Å². The topological polar surface area (TPSA) is 9.23 Å². The van der Waals surface area contributed by atoms with Gasteiger partial charge in [0.2, 0.25) is 0 Å². The maximum absolute atomic E-state index is 6.72. The van der Waals surface area contributed by atoms with Crippen molar-refractivity contribution in [3.63, 3.8) is 0 Å². The Bertz CT molecular complexity index is 1130. The van der Waals surface area contributed by atoms with Crippen molar-refractivity contribution in [1.82, 2.24) is 0 Å². The summed E-state index contributed by atoms with van der Waals surface area (Å²) in [6.07, 6.45) is 9.82. The van der Waals surface area contributed by atoms with Gasteiger partial charge in [0.25, 0.3) is 0 Å². The smallest absolute Gasteiger partial charge is 0.134 e. The van der Waals surface area contributed by atoms with Crippen LogP contribution in [0.25, 0.3) is 11.6 Å². The molecule has 1 aliphatic carbocycles. The minimum absolute atomic E-state index is 0. The minimum Gasteiger partial charge on any atom is -0.457 e. The van der Waals surface area contributed by atoms with Crippen LogP contribution in [0.5, 0.6) is 5.75 Å². The molecule has 0 spiro atoms. The number of benzene rings is 3. The average molecular weight is 468 g/mol. The monoisotopic (exact) mass is 468 g/mol. The number of para-hydroxylation sites is 1. The van der Waals surface area contributed by atoms with Crippen molar-refractivity contribution >= 4 is 20.4 Å². The number of allylic oxidation sites excluding steroid dienone is 6.